The van der Waals surface area contributed by atoms with E-state index in [0.717, 1.165) is 4.90 Å². The number of carbonyl (C=O) groups is 3. The molecule has 0 spiro atoms. The van der Waals surface area contributed by atoms with Gasteiger partial charge in [0.2, 0.25) is 0 Å². The molecule has 1 aliphatic heterocycles. The first-order valence-corrected chi connectivity index (χ1v) is 8.90. The predicted octanol–water partition coefficient (Wildman–Crippen LogP) is 3.86. The Bertz CT molecular complexity index is 941. The Morgan fingerprint density at radius 3 is 2.04 bits per heavy atom. The number of allylic oxidation sites excluding steroid dienone is 1. The Kier molecular flexibility index (Phi) is 5.01. The zero-order valence-electron chi connectivity index (χ0n) is 14.6. The second-order valence-electron chi connectivity index (χ2n) is 6.20. The number of nitrogens with zero attached hydrogens (tertiary/aromatic N) is 1. The van der Waals surface area contributed by atoms with E-state index in [2.05, 4.69) is 5.32 Å². The number of halogens is 1. The molecule has 4 rings (SSSR count). The second kappa shape index (κ2) is 7.60. The summed E-state index contributed by atoms with van der Waals surface area (Å²) < 4.78 is 0. The lowest BCUT2D eigenvalue weighted by Gasteiger charge is -2.19. The Hall–Kier alpha value is -2.92. The summed E-state index contributed by atoms with van der Waals surface area (Å²) in [4.78, 5) is 39.6. The number of fused-ring (bicyclic) bond motifs is 1. The maximum atomic E-state index is 13.0. The van der Waals surface area contributed by atoms with Crippen LogP contribution in [0, 0.1) is 31.6 Å². The fraction of sp³-hybridized carbons (Fsp3) is 0. The summed E-state index contributed by atoms with van der Waals surface area (Å²) in [6.07, 6.45) is 8.71. The maximum Gasteiger partial charge on any atom is 0.272 e. The van der Waals surface area contributed by atoms with Crippen LogP contribution in [0.25, 0.3) is 0 Å². The molecule has 1 heterocycles. The van der Waals surface area contributed by atoms with E-state index in [9.17, 15) is 14.4 Å². The van der Waals surface area contributed by atoms with Gasteiger partial charge in [-0.3, -0.25) is 14.4 Å². The second-order valence-corrected chi connectivity index (χ2v) is 6.64. The number of amides is 3. The SMILES string of the molecule is O=C(Nc1ccc(Cl)cc1)/C(=C/[C]1[CH][CH][CH][CH]1)N1C(=O)c2ccccc2C1=O. The first-order chi connectivity index (χ1) is 13.5. The Labute approximate surface area is 168 Å². The highest BCUT2D eigenvalue weighted by Crippen LogP contribution is 2.31. The van der Waals surface area contributed by atoms with Gasteiger partial charge in [-0.1, -0.05) is 23.7 Å². The molecule has 0 aromatic heterocycles. The number of anilines is 1. The number of carbonyl (C=O) groups excluding carboxylic acids is 3. The minimum Gasteiger partial charge on any atom is -0.321 e. The average Bonchev–Trinajstić information content (AvgIpc) is 3.29. The van der Waals surface area contributed by atoms with Gasteiger partial charge in [-0.05, 0) is 68.2 Å². The summed E-state index contributed by atoms with van der Waals surface area (Å²) in [7, 11) is 0. The van der Waals surface area contributed by atoms with E-state index < -0.39 is 17.7 Å². The first-order valence-electron chi connectivity index (χ1n) is 8.53. The number of hydrogen-bond donors (Lipinski definition) is 1. The predicted molar refractivity (Wildman–Crippen MR) is 106 cm³/mol. The Balaban J connectivity index is 1.68. The molecule has 5 nitrogen and oxygen atoms in total. The largest absolute Gasteiger partial charge is 0.321 e. The molecule has 1 N–H and O–H groups in total. The molecule has 1 saturated carbocycles. The molecule has 2 aliphatic rings. The summed E-state index contributed by atoms with van der Waals surface area (Å²) >= 11 is 5.88. The van der Waals surface area contributed by atoms with Crippen molar-refractivity contribution in [3.8, 4) is 0 Å². The molecule has 0 unspecified atom stereocenters. The monoisotopic (exact) mass is 389 g/mol. The van der Waals surface area contributed by atoms with Crippen molar-refractivity contribution in [1.82, 2.24) is 4.90 Å². The molecule has 6 heteroatoms. The zero-order valence-corrected chi connectivity index (χ0v) is 15.3. The summed E-state index contributed by atoms with van der Waals surface area (Å²) in [6.45, 7) is 0. The van der Waals surface area contributed by atoms with Gasteiger partial charge in [-0.25, -0.2) is 4.90 Å². The van der Waals surface area contributed by atoms with E-state index in [1.165, 1.54) is 6.08 Å². The molecule has 137 valence electrons. The summed E-state index contributed by atoms with van der Waals surface area (Å²) in [6, 6.07) is 13.1. The van der Waals surface area contributed by atoms with Gasteiger partial charge in [0.05, 0.1) is 11.1 Å². The third-order valence-corrected chi connectivity index (χ3v) is 4.61. The number of nitrogens with one attached hydrogen (secondary N) is 1. The molecule has 5 radical (unpaired) electrons. The summed E-state index contributed by atoms with van der Waals surface area (Å²) in [5.41, 5.74) is 1.01. The van der Waals surface area contributed by atoms with Crippen molar-refractivity contribution in [2.24, 2.45) is 0 Å². The van der Waals surface area contributed by atoms with Crippen molar-refractivity contribution >= 4 is 35.0 Å². The lowest BCUT2D eigenvalue weighted by Crippen LogP contribution is -2.35. The van der Waals surface area contributed by atoms with Crippen LogP contribution >= 0.6 is 11.6 Å². The van der Waals surface area contributed by atoms with Crippen LogP contribution in [0.1, 0.15) is 20.7 Å². The van der Waals surface area contributed by atoms with Crippen LogP contribution in [-0.4, -0.2) is 22.6 Å². The number of rotatable bonds is 4. The van der Waals surface area contributed by atoms with Crippen LogP contribution in [0.2, 0.25) is 5.02 Å². The van der Waals surface area contributed by atoms with Crippen LogP contribution in [0.3, 0.4) is 0 Å². The highest BCUT2D eigenvalue weighted by molar-refractivity contribution is 6.30. The summed E-state index contributed by atoms with van der Waals surface area (Å²) in [5.74, 6) is -0.912. The van der Waals surface area contributed by atoms with Crippen molar-refractivity contribution in [2.75, 3.05) is 5.32 Å². The molecule has 1 aliphatic carbocycles. The van der Waals surface area contributed by atoms with E-state index in [0.29, 0.717) is 16.6 Å². The van der Waals surface area contributed by atoms with Crippen LogP contribution in [0.5, 0.6) is 0 Å². The molecule has 1 fully saturated rings. The Morgan fingerprint density at radius 2 is 1.46 bits per heavy atom. The van der Waals surface area contributed by atoms with Gasteiger partial charge in [0, 0.05) is 16.6 Å². The van der Waals surface area contributed by atoms with E-state index in [1.807, 2.05) is 12.8 Å². The molecule has 3 amide bonds. The van der Waals surface area contributed by atoms with Crippen LogP contribution in [-0.2, 0) is 4.79 Å². The Morgan fingerprint density at radius 1 is 0.893 bits per heavy atom. The molecular weight excluding hydrogens is 376 g/mol. The van der Waals surface area contributed by atoms with Crippen molar-refractivity contribution in [1.29, 1.82) is 0 Å². The van der Waals surface area contributed by atoms with Gasteiger partial charge in [0.25, 0.3) is 17.7 Å². The number of hydrogen-bond acceptors (Lipinski definition) is 3. The van der Waals surface area contributed by atoms with Gasteiger partial charge in [-0.2, -0.15) is 0 Å². The summed E-state index contributed by atoms with van der Waals surface area (Å²) in [5, 5.41) is 3.25. The van der Waals surface area contributed by atoms with Gasteiger partial charge in [-0.15, -0.1) is 0 Å². The van der Waals surface area contributed by atoms with Gasteiger partial charge in [0.1, 0.15) is 5.70 Å². The normalized spacial score (nSPS) is 17.2. The third kappa shape index (κ3) is 3.45. The van der Waals surface area contributed by atoms with Crippen molar-refractivity contribution in [3.63, 3.8) is 0 Å². The molecule has 0 atom stereocenters. The molecule has 28 heavy (non-hydrogen) atoms. The van der Waals surface area contributed by atoms with E-state index in [4.69, 9.17) is 11.6 Å². The smallest absolute Gasteiger partial charge is 0.272 e. The van der Waals surface area contributed by atoms with Crippen LogP contribution in [0.4, 0.5) is 5.69 Å². The quantitative estimate of drug-likeness (QED) is 0.637. The lowest BCUT2D eigenvalue weighted by molar-refractivity contribution is -0.113. The number of imide groups is 1. The van der Waals surface area contributed by atoms with Gasteiger partial charge < -0.3 is 5.32 Å². The van der Waals surface area contributed by atoms with Gasteiger partial charge in [0.15, 0.2) is 0 Å². The average molecular weight is 390 g/mol. The van der Waals surface area contributed by atoms with Gasteiger partial charge >= 0.3 is 0 Å². The lowest BCUT2D eigenvalue weighted by atomic mass is 10.1. The first kappa shape index (κ1) is 18.4. The van der Waals surface area contributed by atoms with Crippen molar-refractivity contribution in [3.05, 3.63) is 108 Å². The number of benzene rings is 2. The van der Waals surface area contributed by atoms with Crippen molar-refractivity contribution < 1.29 is 14.4 Å². The topological polar surface area (TPSA) is 66.5 Å². The fourth-order valence-corrected chi connectivity index (χ4v) is 3.14. The molecule has 0 saturated heterocycles. The standard InChI is InChI=1S/C22H14ClN2O3/c23-15-9-11-16(12-10-15)24-20(26)19(13-14-5-1-2-6-14)25-21(27)17-7-3-4-8-18(17)22(25)28/h1-13H,(H,24,26)/b19-13-. The molecular formula is C22H14ClN2O3. The maximum absolute atomic E-state index is 13.0. The third-order valence-electron chi connectivity index (χ3n) is 4.36. The highest BCUT2D eigenvalue weighted by atomic mass is 35.5. The van der Waals surface area contributed by atoms with E-state index >= 15 is 0 Å². The highest BCUT2D eigenvalue weighted by Gasteiger charge is 2.40. The van der Waals surface area contributed by atoms with Crippen molar-refractivity contribution in [2.45, 2.75) is 0 Å². The minimum absolute atomic E-state index is 0.0487. The zero-order chi connectivity index (χ0) is 19.7. The van der Waals surface area contributed by atoms with E-state index in [-0.39, 0.29) is 16.8 Å². The molecule has 0 bridgehead atoms. The van der Waals surface area contributed by atoms with E-state index in [1.54, 1.807) is 61.4 Å². The molecule has 2 aromatic carbocycles. The van der Waals surface area contributed by atoms with Crippen LogP contribution < -0.4 is 5.32 Å². The van der Waals surface area contributed by atoms with Crippen LogP contribution in [0.15, 0.2) is 60.3 Å². The molecule has 2 aromatic rings. The fourth-order valence-electron chi connectivity index (χ4n) is 3.01. The minimum atomic E-state index is -0.571.